The summed E-state index contributed by atoms with van der Waals surface area (Å²) in [6, 6.07) is 10.9. The lowest BCUT2D eigenvalue weighted by atomic mass is 10.0. The number of rotatable bonds is 8. The van der Waals surface area contributed by atoms with Crippen molar-refractivity contribution in [2.45, 2.75) is 25.9 Å². The van der Waals surface area contributed by atoms with Gasteiger partial charge in [0.05, 0.1) is 39.6 Å². The molecule has 1 unspecified atom stereocenters. The lowest BCUT2D eigenvalue weighted by Crippen LogP contribution is -2.38. The molecule has 0 radical (unpaired) electrons. The van der Waals surface area contributed by atoms with Gasteiger partial charge in [-0.3, -0.25) is 14.5 Å². The summed E-state index contributed by atoms with van der Waals surface area (Å²) in [5.41, 5.74) is 2.79. The Balaban J connectivity index is 1.75. The molecule has 0 saturated carbocycles. The van der Waals surface area contributed by atoms with Crippen LogP contribution in [0.2, 0.25) is 0 Å². The topological polar surface area (TPSA) is 86.3 Å². The number of benzene rings is 2. The number of methoxy groups -OCH3 is 3. The van der Waals surface area contributed by atoms with Crippen LogP contribution >= 0.6 is 0 Å². The Morgan fingerprint density at radius 1 is 1.00 bits per heavy atom. The van der Waals surface area contributed by atoms with Crippen LogP contribution in [0.3, 0.4) is 0 Å². The molecule has 8 heteroatoms. The van der Waals surface area contributed by atoms with Gasteiger partial charge in [-0.05, 0) is 25.3 Å². The van der Waals surface area contributed by atoms with E-state index < -0.39 is 0 Å². The van der Waals surface area contributed by atoms with E-state index in [1.807, 2.05) is 31.2 Å². The number of imide groups is 1. The molecule has 2 aromatic rings. The maximum atomic E-state index is 13.4. The zero-order valence-corrected chi connectivity index (χ0v) is 19.3. The first-order valence-electron chi connectivity index (χ1n) is 10.8. The second-order valence-electron chi connectivity index (χ2n) is 8.01. The van der Waals surface area contributed by atoms with Crippen LogP contribution in [-0.4, -0.2) is 57.3 Å². The zero-order chi connectivity index (χ0) is 23.5. The minimum Gasteiger partial charge on any atom is -0.493 e. The van der Waals surface area contributed by atoms with Gasteiger partial charge < -0.3 is 24.3 Å². The number of nitrogens with zero attached hydrogens (tertiary/aromatic N) is 1. The molecular weight excluding hydrogens is 424 g/mol. The van der Waals surface area contributed by atoms with Gasteiger partial charge in [0.2, 0.25) is 5.75 Å². The molecule has 4 rings (SSSR count). The maximum Gasteiger partial charge on any atom is 0.278 e. The highest BCUT2D eigenvalue weighted by Crippen LogP contribution is 2.41. The molecule has 2 aliphatic rings. The summed E-state index contributed by atoms with van der Waals surface area (Å²) in [6.07, 6.45) is 1.61. The van der Waals surface area contributed by atoms with Crippen molar-refractivity contribution in [3.8, 4) is 17.2 Å². The van der Waals surface area contributed by atoms with E-state index in [2.05, 4.69) is 5.32 Å². The summed E-state index contributed by atoms with van der Waals surface area (Å²) in [7, 11) is 4.56. The van der Waals surface area contributed by atoms with Crippen molar-refractivity contribution in [1.29, 1.82) is 0 Å². The van der Waals surface area contributed by atoms with Crippen LogP contribution in [-0.2, 0) is 14.3 Å². The third kappa shape index (κ3) is 4.39. The summed E-state index contributed by atoms with van der Waals surface area (Å²) in [4.78, 5) is 28.1. The van der Waals surface area contributed by atoms with E-state index in [0.29, 0.717) is 40.7 Å². The van der Waals surface area contributed by atoms with Crippen LogP contribution in [0.5, 0.6) is 17.2 Å². The molecule has 0 spiro atoms. The number of anilines is 1. The molecule has 2 aromatic carbocycles. The minimum atomic E-state index is -0.389. The number of carbonyl (C=O) groups is 2. The molecule has 0 aromatic heterocycles. The Bertz CT molecular complexity index is 1060. The van der Waals surface area contributed by atoms with Crippen molar-refractivity contribution in [2.75, 3.05) is 39.8 Å². The Kier molecular flexibility index (Phi) is 6.55. The van der Waals surface area contributed by atoms with Crippen molar-refractivity contribution in [3.05, 3.63) is 53.2 Å². The molecule has 0 bridgehead atoms. The predicted octanol–water partition coefficient (Wildman–Crippen LogP) is 3.39. The quantitative estimate of drug-likeness (QED) is 0.615. The van der Waals surface area contributed by atoms with E-state index in [1.54, 1.807) is 12.1 Å². The first kappa shape index (κ1) is 22.7. The third-order valence-electron chi connectivity index (χ3n) is 5.85. The Labute approximate surface area is 193 Å². The van der Waals surface area contributed by atoms with Gasteiger partial charge in [0.1, 0.15) is 5.70 Å². The Morgan fingerprint density at radius 2 is 1.67 bits per heavy atom. The largest absolute Gasteiger partial charge is 0.493 e. The van der Waals surface area contributed by atoms with Crippen LogP contribution in [0, 0.1) is 6.92 Å². The van der Waals surface area contributed by atoms with Gasteiger partial charge in [-0.25, -0.2) is 0 Å². The van der Waals surface area contributed by atoms with Crippen molar-refractivity contribution in [3.63, 3.8) is 0 Å². The maximum absolute atomic E-state index is 13.4. The smallest absolute Gasteiger partial charge is 0.278 e. The number of aryl methyl sites for hydroxylation is 1. The highest BCUT2D eigenvalue weighted by atomic mass is 16.5. The second kappa shape index (κ2) is 9.54. The molecule has 1 saturated heterocycles. The standard InChI is InChI=1S/C25H28N2O6/c1-15-7-9-16(10-8-15)21-22(25(29)27(24(21)28)14-18-6-5-11-33-18)26-17-12-19(30-2)23(32-4)20(13-17)31-3/h7-10,12-13,18,26H,5-6,11,14H2,1-4H3. The predicted molar refractivity (Wildman–Crippen MR) is 124 cm³/mol. The monoisotopic (exact) mass is 452 g/mol. The first-order chi connectivity index (χ1) is 16.0. The van der Waals surface area contributed by atoms with Crippen molar-refractivity contribution < 1.29 is 28.5 Å². The lowest BCUT2D eigenvalue weighted by molar-refractivity contribution is -0.138. The molecular formula is C25H28N2O6. The fourth-order valence-corrected chi connectivity index (χ4v) is 4.14. The summed E-state index contributed by atoms with van der Waals surface area (Å²) in [5.74, 6) is 0.580. The molecule has 1 N–H and O–H groups in total. The van der Waals surface area contributed by atoms with Gasteiger partial charge in [0.15, 0.2) is 11.5 Å². The molecule has 1 atom stereocenters. The SMILES string of the molecule is COc1cc(NC2=C(c3ccc(C)cc3)C(=O)N(CC3CCCO3)C2=O)cc(OC)c1OC. The average molecular weight is 453 g/mol. The van der Waals surface area contributed by atoms with Gasteiger partial charge in [-0.2, -0.15) is 0 Å². The number of amides is 2. The summed E-state index contributed by atoms with van der Waals surface area (Å²) < 4.78 is 21.9. The minimum absolute atomic E-state index is 0.141. The van der Waals surface area contributed by atoms with Gasteiger partial charge >= 0.3 is 0 Å². The number of nitrogens with one attached hydrogen (secondary N) is 1. The second-order valence-corrected chi connectivity index (χ2v) is 8.01. The zero-order valence-electron chi connectivity index (χ0n) is 19.3. The fraction of sp³-hybridized carbons (Fsp3) is 0.360. The van der Waals surface area contributed by atoms with Gasteiger partial charge in [-0.1, -0.05) is 29.8 Å². The summed E-state index contributed by atoms with van der Waals surface area (Å²) in [5, 5.41) is 3.15. The first-order valence-corrected chi connectivity index (χ1v) is 10.8. The summed E-state index contributed by atoms with van der Waals surface area (Å²) >= 11 is 0. The van der Waals surface area contributed by atoms with Crippen molar-refractivity contribution in [2.24, 2.45) is 0 Å². The molecule has 8 nitrogen and oxygen atoms in total. The molecule has 2 heterocycles. The Morgan fingerprint density at radius 3 is 2.21 bits per heavy atom. The van der Waals surface area contributed by atoms with E-state index in [-0.39, 0.29) is 30.2 Å². The lowest BCUT2D eigenvalue weighted by Gasteiger charge is -2.19. The van der Waals surface area contributed by atoms with Crippen LogP contribution in [0.1, 0.15) is 24.0 Å². The highest BCUT2D eigenvalue weighted by Gasteiger charge is 2.41. The van der Waals surface area contributed by atoms with E-state index in [1.165, 1.54) is 26.2 Å². The molecule has 174 valence electrons. The van der Waals surface area contributed by atoms with Crippen LogP contribution in [0.4, 0.5) is 5.69 Å². The number of hydrogen-bond acceptors (Lipinski definition) is 7. The molecule has 2 aliphatic heterocycles. The van der Waals surface area contributed by atoms with E-state index in [0.717, 1.165) is 18.4 Å². The average Bonchev–Trinajstić information content (AvgIpc) is 3.42. The normalized spacial score (nSPS) is 18.2. The third-order valence-corrected chi connectivity index (χ3v) is 5.85. The highest BCUT2D eigenvalue weighted by molar-refractivity contribution is 6.36. The van der Waals surface area contributed by atoms with Crippen molar-refractivity contribution >= 4 is 23.1 Å². The van der Waals surface area contributed by atoms with Gasteiger partial charge in [0, 0.05) is 24.4 Å². The van der Waals surface area contributed by atoms with E-state index in [9.17, 15) is 9.59 Å². The van der Waals surface area contributed by atoms with Gasteiger partial charge in [-0.15, -0.1) is 0 Å². The molecule has 1 fully saturated rings. The van der Waals surface area contributed by atoms with Crippen molar-refractivity contribution in [1.82, 2.24) is 4.90 Å². The molecule has 33 heavy (non-hydrogen) atoms. The van der Waals surface area contributed by atoms with Crippen LogP contribution in [0.25, 0.3) is 5.57 Å². The molecule has 2 amide bonds. The summed E-state index contributed by atoms with van der Waals surface area (Å²) in [6.45, 7) is 2.85. The molecule has 0 aliphatic carbocycles. The van der Waals surface area contributed by atoms with E-state index in [4.69, 9.17) is 18.9 Å². The number of ether oxygens (including phenoxy) is 4. The van der Waals surface area contributed by atoms with Crippen LogP contribution < -0.4 is 19.5 Å². The Hall–Kier alpha value is -3.52. The number of hydrogen-bond donors (Lipinski definition) is 1. The fourth-order valence-electron chi connectivity index (χ4n) is 4.14. The van der Waals surface area contributed by atoms with Gasteiger partial charge in [0.25, 0.3) is 11.8 Å². The number of carbonyl (C=O) groups excluding carboxylic acids is 2. The van der Waals surface area contributed by atoms with Crippen LogP contribution in [0.15, 0.2) is 42.1 Å². The van der Waals surface area contributed by atoms with E-state index >= 15 is 0 Å².